The van der Waals surface area contributed by atoms with Crippen molar-refractivity contribution in [3.05, 3.63) is 99.8 Å². The molecule has 29 heavy (non-hydrogen) atoms. The molecule has 0 aliphatic carbocycles. The summed E-state index contributed by atoms with van der Waals surface area (Å²) < 4.78 is 22.0. The number of fused-ring (bicyclic) bond motifs is 3. The third kappa shape index (κ3) is 2.51. The van der Waals surface area contributed by atoms with Gasteiger partial charge in [0, 0.05) is 16.0 Å². The molecule has 0 unspecified atom stereocenters. The van der Waals surface area contributed by atoms with Crippen molar-refractivity contribution in [3.63, 3.8) is 0 Å². The van der Waals surface area contributed by atoms with Gasteiger partial charge in [0.15, 0.2) is 6.10 Å². The Labute approximate surface area is 170 Å². The molecule has 0 fully saturated rings. The van der Waals surface area contributed by atoms with Crippen LogP contribution >= 0.6 is 11.3 Å². The number of thiophene rings is 1. The van der Waals surface area contributed by atoms with Crippen LogP contribution in [0, 0.1) is 5.82 Å². The Balaban J connectivity index is 1.64. The van der Waals surface area contributed by atoms with Gasteiger partial charge in [0.25, 0.3) is 0 Å². The highest BCUT2D eigenvalue weighted by Crippen LogP contribution is 2.51. The van der Waals surface area contributed by atoms with Crippen molar-refractivity contribution in [2.45, 2.75) is 12.1 Å². The van der Waals surface area contributed by atoms with Gasteiger partial charge >= 0.3 is 0 Å². The second kappa shape index (κ2) is 6.28. The number of aromatic nitrogens is 3. The van der Waals surface area contributed by atoms with Crippen molar-refractivity contribution < 1.29 is 9.13 Å². The third-order valence-electron chi connectivity index (χ3n) is 5.31. The van der Waals surface area contributed by atoms with Crippen molar-refractivity contribution in [1.82, 2.24) is 14.8 Å². The van der Waals surface area contributed by atoms with Crippen molar-refractivity contribution >= 4 is 23.0 Å². The molecule has 4 aromatic rings. The number of ether oxygens (including phenoxy) is 1. The molecule has 0 radical (unpaired) electrons. The molecule has 0 spiro atoms. The molecule has 2 atom stereocenters. The lowest BCUT2D eigenvalue weighted by atomic mass is 9.86. The number of hydrogen-bond acceptors (Lipinski definition) is 5. The lowest BCUT2D eigenvalue weighted by Gasteiger charge is -2.38. The predicted octanol–water partition coefficient (Wildman–Crippen LogP) is 5.04. The first-order chi connectivity index (χ1) is 14.3. The zero-order valence-electron chi connectivity index (χ0n) is 15.1. The molecule has 0 saturated carbocycles. The van der Waals surface area contributed by atoms with Crippen LogP contribution in [0.15, 0.2) is 77.9 Å². The second-order valence-corrected chi connectivity index (χ2v) is 7.93. The van der Waals surface area contributed by atoms with E-state index in [4.69, 9.17) is 4.74 Å². The summed E-state index contributed by atoms with van der Waals surface area (Å²) in [5.74, 6) is 1.21. The molecule has 0 saturated heterocycles. The van der Waals surface area contributed by atoms with Gasteiger partial charge in [0.1, 0.15) is 23.9 Å². The fourth-order valence-electron chi connectivity index (χ4n) is 4.06. The lowest BCUT2D eigenvalue weighted by Crippen LogP contribution is -2.32. The number of anilines is 1. The molecule has 0 amide bonds. The van der Waals surface area contributed by atoms with E-state index in [0.717, 1.165) is 33.0 Å². The number of rotatable bonds is 2. The van der Waals surface area contributed by atoms with Crippen LogP contribution in [0.3, 0.4) is 0 Å². The Hall–Kier alpha value is -3.45. The molecule has 0 bridgehead atoms. The molecule has 2 aliphatic rings. The number of nitrogens with one attached hydrogen (secondary N) is 1. The quantitative estimate of drug-likeness (QED) is 0.510. The van der Waals surface area contributed by atoms with Gasteiger partial charge in [0.2, 0.25) is 5.95 Å². The maximum atomic E-state index is 13.6. The third-order valence-corrected chi connectivity index (χ3v) is 6.22. The van der Waals surface area contributed by atoms with E-state index in [2.05, 4.69) is 21.5 Å². The van der Waals surface area contributed by atoms with Gasteiger partial charge in [-0.2, -0.15) is 10.1 Å². The van der Waals surface area contributed by atoms with Gasteiger partial charge in [-0.15, -0.1) is 11.3 Å². The zero-order valence-corrected chi connectivity index (χ0v) is 15.9. The molecule has 142 valence electrons. The Bertz CT molecular complexity index is 1230. The largest absolute Gasteiger partial charge is 0.480 e. The van der Waals surface area contributed by atoms with Gasteiger partial charge in [0.05, 0.1) is 5.70 Å². The van der Waals surface area contributed by atoms with Crippen LogP contribution in [0.4, 0.5) is 10.3 Å². The summed E-state index contributed by atoms with van der Waals surface area (Å²) in [7, 11) is 0. The van der Waals surface area contributed by atoms with Crippen molar-refractivity contribution in [3.8, 4) is 5.75 Å². The van der Waals surface area contributed by atoms with E-state index in [-0.39, 0.29) is 18.0 Å². The van der Waals surface area contributed by atoms with E-state index in [1.165, 1.54) is 18.5 Å². The highest BCUT2D eigenvalue weighted by molar-refractivity contribution is 7.10. The molecule has 5 nitrogen and oxygen atoms in total. The first-order valence-electron chi connectivity index (χ1n) is 9.25. The number of hydrogen-bond donors (Lipinski definition) is 1. The van der Waals surface area contributed by atoms with Gasteiger partial charge in [-0.1, -0.05) is 30.3 Å². The van der Waals surface area contributed by atoms with Crippen LogP contribution in [0.5, 0.6) is 5.75 Å². The first-order valence-corrected chi connectivity index (χ1v) is 10.1. The average molecular weight is 402 g/mol. The maximum absolute atomic E-state index is 13.6. The van der Waals surface area contributed by atoms with Crippen LogP contribution in [0.2, 0.25) is 0 Å². The monoisotopic (exact) mass is 402 g/mol. The summed E-state index contributed by atoms with van der Waals surface area (Å²) >= 11 is 1.65. The fraction of sp³-hybridized carbons (Fsp3) is 0.0909. The van der Waals surface area contributed by atoms with E-state index in [0.29, 0.717) is 5.95 Å². The van der Waals surface area contributed by atoms with E-state index in [1.54, 1.807) is 23.5 Å². The Morgan fingerprint density at radius 3 is 2.72 bits per heavy atom. The van der Waals surface area contributed by atoms with Gasteiger partial charge < -0.3 is 10.1 Å². The molecule has 6 rings (SSSR count). The number of nitrogens with zero attached hydrogens (tertiary/aromatic N) is 3. The summed E-state index contributed by atoms with van der Waals surface area (Å²) in [6.07, 6.45) is 1.25. The normalized spacial score (nSPS) is 19.6. The first kappa shape index (κ1) is 16.5. The van der Waals surface area contributed by atoms with E-state index in [9.17, 15) is 4.39 Å². The molecular weight excluding hydrogens is 387 g/mol. The fourth-order valence-corrected chi connectivity index (χ4v) is 4.83. The van der Waals surface area contributed by atoms with Gasteiger partial charge in [-0.3, -0.25) is 0 Å². The van der Waals surface area contributed by atoms with Gasteiger partial charge in [-0.05, 0) is 41.3 Å². The van der Waals surface area contributed by atoms with Crippen LogP contribution in [-0.4, -0.2) is 14.8 Å². The Morgan fingerprint density at radius 2 is 1.90 bits per heavy atom. The summed E-state index contributed by atoms with van der Waals surface area (Å²) in [4.78, 5) is 5.50. The molecule has 2 aromatic heterocycles. The number of benzene rings is 2. The summed E-state index contributed by atoms with van der Waals surface area (Å²) in [6.45, 7) is 0. The van der Waals surface area contributed by atoms with Crippen LogP contribution < -0.4 is 10.1 Å². The molecule has 2 aromatic carbocycles. The standard InChI is InChI=1S/C22H15FN4OS/c23-14-9-7-13(8-10-14)20-18-19(26-22-24-12-25-27(20)22)15-4-1-2-5-16(15)28-21(18)17-6-3-11-29-17/h1-12,20-21H,(H,24,25,26)/t20-,21+/m0/s1. The predicted molar refractivity (Wildman–Crippen MR) is 109 cm³/mol. The van der Waals surface area contributed by atoms with Crippen molar-refractivity contribution in [2.24, 2.45) is 0 Å². The highest BCUT2D eigenvalue weighted by atomic mass is 32.1. The topological polar surface area (TPSA) is 52.0 Å². The minimum atomic E-state index is -0.278. The smallest absolute Gasteiger partial charge is 0.226 e. The van der Waals surface area contributed by atoms with E-state index < -0.39 is 0 Å². The number of para-hydroxylation sites is 1. The van der Waals surface area contributed by atoms with Crippen LogP contribution in [-0.2, 0) is 0 Å². The average Bonchev–Trinajstić information content (AvgIpc) is 3.44. The van der Waals surface area contributed by atoms with Crippen LogP contribution in [0.25, 0.3) is 5.70 Å². The SMILES string of the molecule is Fc1ccc([C@H]2C3=C(Nc4ncnn42)c2ccccc2O[C@@H]3c2cccs2)cc1. The summed E-state index contributed by atoms with van der Waals surface area (Å²) in [5, 5.41) is 9.97. The lowest BCUT2D eigenvalue weighted by molar-refractivity contribution is 0.226. The summed E-state index contributed by atoms with van der Waals surface area (Å²) in [5.41, 5.74) is 3.92. The maximum Gasteiger partial charge on any atom is 0.226 e. The minimum absolute atomic E-state index is 0.259. The second-order valence-electron chi connectivity index (χ2n) is 6.95. The van der Waals surface area contributed by atoms with E-state index >= 15 is 0 Å². The Morgan fingerprint density at radius 1 is 1.03 bits per heavy atom. The highest BCUT2D eigenvalue weighted by Gasteiger charge is 2.41. The van der Waals surface area contributed by atoms with Crippen LogP contribution in [0.1, 0.15) is 28.1 Å². The van der Waals surface area contributed by atoms with Crippen molar-refractivity contribution in [1.29, 1.82) is 0 Å². The zero-order chi connectivity index (χ0) is 19.4. The molecular formula is C22H15FN4OS. The molecule has 7 heteroatoms. The minimum Gasteiger partial charge on any atom is -0.480 e. The molecule has 1 N–H and O–H groups in total. The Kier molecular flexibility index (Phi) is 3.57. The number of halogens is 1. The van der Waals surface area contributed by atoms with Crippen molar-refractivity contribution in [2.75, 3.05) is 5.32 Å². The van der Waals surface area contributed by atoms with E-state index in [1.807, 2.05) is 40.4 Å². The molecule has 4 heterocycles. The molecule has 2 aliphatic heterocycles. The summed E-state index contributed by atoms with van der Waals surface area (Å²) in [6, 6.07) is 18.4. The van der Waals surface area contributed by atoms with Gasteiger partial charge in [-0.25, -0.2) is 9.07 Å².